The molecular formula is C21H23N3O6. The fourth-order valence-electron chi connectivity index (χ4n) is 3.23. The van der Waals surface area contributed by atoms with E-state index in [1.54, 1.807) is 47.4 Å². The van der Waals surface area contributed by atoms with Crippen LogP contribution in [-0.4, -0.2) is 48.9 Å². The third-order valence-corrected chi connectivity index (χ3v) is 4.89. The first-order chi connectivity index (χ1) is 14.5. The largest absolute Gasteiger partial charge is 0.459 e. The van der Waals surface area contributed by atoms with Crippen LogP contribution in [-0.2, 0) is 14.3 Å². The average molecular weight is 413 g/mol. The Balaban J connectivity index is 1.62. The van der Waals surface area contributed by atoms with Gasteiger partial charge in [0, 0.05) is 25.7 Å². The van der Waals surface area contributed by atoms with Crippen LogP contribution in [0.25, 0.3) is 0 Å². The number of rotatable bonds is 5. The Labute approximate surface area is 173 Å². The molecule has 0 radical (unpaired) electrons. The number of carbonyl (C=O) groups is 4. The van der Waals surface area contributed by atoms with E-state index >= 15 is 0 Å². The van der Waals surface area contributed by atoms with Crippen LogP contribution in [0, 0.1) is 5.92 Å². The van der Waals surface area contributed by atoms with Crippen molar-refractivity contribution < 1.29 is 28.3 Å². The van der Waals surface area contributed by atoms with Gasteiger partial charge in [-0.15, -0.1) is 0 Å². The summed E-state index contributed by atoms with van der Waals surface area (Å²) < 4.78 is 10.6. The van der Waals surface area contributed by atoms with Gasteiger partial charge < -0.3 is 19.4 Å². The predicted molar refractivity (Wildman–Crippen MR) is 105 cm³/mol. The van der Waals surface area contributed by atoms with Gasteiger partial charge in [0.05, 0.1) is 12.2 Å². The fourth-order valence-corrected chi connectivity index (χ4v) is 3.23. The molecule has 0 saturated carbocycles. The summed E-state index contributed by atoms with van der Waals surface area (Å²) in [4.78, 5) is 50.7. The molecule has 158 valence electrons. The van der Waals surface area contributed by atoms with Crippen molar-refractivity contribution in [3.05, 3.63) is 60.1 Å². The van der Waals surface area contributed by atoms with Gasteiger partial charge in [0.1, 0.15) is 0 Å². The summed E-state index contributed by atoms with van der Waals surface area (Å²) in [7, 11) is 1.38. The van der Waals surface area contributed by atoms with Crippen molar-refractivity contribution in [3.63, 3.8) is 0 Å². The smallest absolute Gasteiger partial charge is 0.321 e. The Morgan fingerprint density at radius 3 is 2.37 bits per heavy atom. The molecule has 1 unspecified atom stereocenters. The SMILES string of the molecule is CNC(=O)NC(=O)C(OC(=O)C1CCN(C(=O)c2ccco2)CC1)c1ccccc1. The van der Waals surface area contributed by atoms with Gasteiger partial charge in [-0.3, -0.25) is 19.7 Å². The maximum atomic E-state index is 12.7. The maximum absolute atomic E-state index is 12.7. The number of piperidine rings is 1. The molecule has 9 nitrogen and oxygen atoms in total. The van der Waals surface area contributed by atoms with Crippen molar-refractivity contribution in [2.75, 3.05) is 20.1 Å². The van der Waals surface area contributed by atoms with Gasteiger partial charge in [0.25, 0.3) is 11.8 Å². The molecule has 1 aromatic heterocycles. The summed E-state index contributed by atoms with van der Waals surface area (Å²) in [5.74, 6) is -1.70. The number of amides is 4. The Hall–Kier alpha value is -3.62. The van der Waals surface area contributed by atoms with Crippen LogP contribution in [0.1, 0.15) is 35.1 Å². The fraction of sp³-hybridized carbons (Fsp3) is 0.333. The second-order valence-corrected chi connectivity index (χ2v) is 6.84. The molecule has 1 aromatic carbocycles. The van der Waals surface area contributed by atoms with Gasteiger partial charge in [-0.25, -0.2) is 4.79 Å². The zero-order valence-corrected chi connectivity index (χ0v) is 16.5. The number of carbonyl (C=O) groups excluding carboxylic acids is 4. The third-order valence-electron chi connectivity index (χ3n) is 4.89. The standard InChI is InChI=1S/C21H23N3O6/c1-22-21(28)23-18(25)17(14-6-3-2-4-7-14)30-20(27)15-9-11-24(12-10-15)19(26)16-8-5-13-29-16/h2-8,13,15,17H,9-12H2,1H3,(H2,22,23,25,28). The number of esters is 1. The first-order valence-electron chi connectivity index (χ1n) is 9.60. The highest BCUT2D eigenvalue weighted by molar-refractivity contribution is 5.97. The number of urea groups is 1. The summed E-state index contributed by atoms with van der Waals surface area (Å²) in [6, 6.07) is 11.0. The number of ether oxygens (including phenoxy) is 1. The predicted octanol–water partition coefficient (Wildman–Crippen LogP) is 1.87. The van der Waals surface area contributed by atoms with Gasteiger partial charge >= 0.3 is 12.0 Å². The van der Waals surface area contributed by atoms with Crippen molar-refractivity contribution in [2.24, 2.45) is 5.92 Å². The lowest BCUT2D eigenvalue weighted by molar-refractivity contribution is -0.161. The third kappa shape index (κ3) is 5.05. The van der Waals surface area contributed by atoms with Crippen molar-refractivity contribution in [1.82, 2.24) is 15.5 Å². The van der Waals surface area contributed by atoms with Crippen molar-refractivity contribution in [3.8, 4) is 0 Å². The molecule has 0 bridgehead atoms. The first-order valence-corrected chi connectivity index (χ1v) is 9.60. The molecule has 2 aromatic rings. The van der Waals surface area contributed by atoms with Crippen LogP contribution in [0.4, 0.5) is 4.79 Å². The Kier molecular flexibility index (Phi) is 6.84. The summed E-state index contributed by atoms with van der Waals surface area (Å²) >= 11 is 0. The lowest BCUT2D eigenvalue weighted by atomic mass is 9.96. The Morgan fingerprint density at radius 2 is 1.77 bits per heavy atom. The second-order valence-electron chi connectivity index (χ2n) is 6.84. The highest BCUT2D eigenvalue weighted by Crippen LogP contribution is 2.25. The van der Waals surface area contributed by atoms with Crippen LogP contribution in [0.3, 0.4) is 0 Å². The monoisotopic (exact) mass is 413 g/mol. The Morgan fingerprint density at radius 1 is 1.07 bits per heavy atom. The molecular weight excluding hydrogens is 390 g/mol. The average Bonchev–Trinajstić information content (AvgIpc) is 3.32. The van der Waals surface area contributed by atoms with E-state index in [1.165, 1.54) is 13.3 Å². The van der Waals surface area contributed by atoms with Crippen molar-refractivity contribution in [1.29, 1.82) is 0 Å². The Bertz CT molecular complexity index is 889. The molecule has 1 aliphatic rings. The number of imide groups is 1. The van der Waals surface area contributed by atoms with Gasteiger partial charge in [0.15, 0.2) is 5.76 Å². The van der Waals surface area contributed by atoms with Gasteiger partial charge in [0.2, 0.25) is 6.10 Å². The molecule has 0 aliphatic carbocycles. The number of hydrogen-bond donors (Lipinski definition) is 2. The van der Waals surface area contributed by atoms with Gasteiger partial charge in [-0.1, -0.05) is 30.3 Å². The minimum atomic E-state index is -1.25. The maximum Gasteiger partial charge on any atom is 0.321 e. The topological polar surface area (TPSA) is 118 Å². The number of furan rings is 1. The number of likely N-dealkylation sites (tertiary alicyclic amines) is 1. The zero-order valence-electron chi connectivity index (χ0n) is 16.5. The summed E-state index contributed by atoms with van der Waals surface area (Å²) in [5, 5.41) is 4.43. The molecule has 1 atom stereocenters. The second kappa shape index (κ2) is 9.73. The molecule has 0 spiro atoms. The highest BCUT2D eigenvalue weighted by atomic mass is 16.5. The zero-order chi connectivity index (χ0) is 21.5. The van der Waals surface area contributed by atoms with E-state index in [0.717, 1.165) is 0 Å². The molecule has 30 heavy (non-hydrogen) atoms. The lowest BCUT2D eigenvalue weighted by Gasteiger charge is -2.31. The quantitative estimate of drug-likeness (QED) is 0.723. The molecule has 2 N–H and O–H groups in total. The van der Waals surface area contributed by atoms with Crippen molar-refractivity contribution >= 4 is 23.8 Å². The number of benzene rings is 1. The van der Waals surface area contributed by atoms with E-state index in [1.807, 2.05) is 0 Å². The van der Waals surface area contributed by atoms with E-state index in [2.05, 4.69) is 10.6 Å². The van der Waals surface area contributed by atoms with Crippen LogP contribution in [0.2, 0.25) is 0 Å². The number of nitrogens with zero attached hydrogens (tertiary/aromatic N) is 1. The molecule has 1 fully saturated rings. The van der Waals surface area contributed by atoms with Crippen LogP contribution >= 0.6 is 0 Å². The van der Waals surface area contributed by atoms with E-state index in [9.17, 15) is 19.2 Å². The van der Waals surface area contributed by atoms with E-state index < -0.39 is 29.9 Å². The van der Waals surface area contributed by atoms with Crippen molar-refractivity contribution in [2.45, 2.75) is 18.9 Å². The molecule has 1 aliphatic heterocycles. The summed E-state index contributed by atoms with van der Waals surface area (Å²) in [6.07, 6.45) is 0.998. The minimum Gasteiger partial charge on any atom is -0.459 e. The van der Waals surface area contributed by atoms with E-state index in [4.69, 9.17) is 9.15 Å². The highest BCUT2D eigenvalue weighted by Gasteiger charge is 2.33. The lowest BCUT2D eigenvalue weighted by Crippen LogP contribution is -2.43. The van der Waals surface area contributed by atoms with Crippen LogP contribution in [0.15, 0.2) is 53.1 Å². The molecule has 9 heteroatoms. The summed E-state index contributed by atoms with van der Waals surface area (Å²) in [6.45, 7) is 0.749. The molecule has 2 heterocycles. The molecule has 4 amide bonds. The van der Waals surface area contributed by atoms with Gasteiger partial charge in [-0.2, -0.15) is 0 Å². The van der Waals surface area contributed by atoms with E-state index in [-0.39, 0.29) is 11.7 Å². The first kappa shape index (κ1) is 21.1. The van der Waals surface area contributed by atoms with Crippen LogP contribution in [0.5, 0.6) is 0 Å². The normalized spacial score (nSPS) is 15.2. The summed E-state index contributed by atoms with van der Waals surface area (Å²) in [5.41, 5.74) is 0.456. The van der Waals surface area contributed by atoms with Gasteiger partial charge in [-0.05, 0) is 25.0 Å². The minimum absolute atomic E-state index is 0.223. The van der Waals surface area contributed by atoms with Crippen LogP contribution < -0.4 is 10.6 Å². The number of hydrogen-bond acceptors (Lipinski definition) is 6. The van der Waals surface area contributed by atoms with E-state index in [0.29, 0.717) is 31.5 Å². The molecule has 3 rings (SSSR count). The molecule has 1 saturated heterocycles. The number of nitrogens with one attached hydrogen (secondary N) is 2.